The molecule has 4 rings (SSSR count). The van der Waals surface area contributed by atoms with E-state index in [0.717, 1.165) is 29.9 Å². The number of carbonyl (C=O) groups excluding carboxylic acids is 1. The molecule has 0 bridgehead atoms. The Balaban J connectivity index is 1.62. The van der Waals surface area contributed by atoms with Gasteiger partial charge in [0.25, 0.3) is 5.91 Å². The normalized spacial score (nSPS) is 13.4. The van der Waals surface area contributed by atoms with Crippen molar-refractivity contribution in [2.75, 3.05) is 13.6 Å². The third-order valence-electron chi connectivity index (χ3n) is 4.61. The molecular formula is C19H21N5OS. The topological polar surface area (TPSA) is 63.1 Å². The van der Waals surface area contributed by atoms with Gasteiger partial charge < -0.3 is 10.2 Å². The number of fused-ring (bicyclic) bond motifs is 1. The van der Waals surface area contributed by atoms with Crippen molar-refractivity contribution in [2.24, 2.45) is 0 Å². The lowest BCUT2D eigenvalue weighted by Gasteiger charge is -2.17. The molecule has 1 aliphatic heterocycles. The van der Waals surface area contributed by atoms with Crippen molar-refractivity contribution in [3.05, 3.63) is 69.4 Å². The summed E-state index contributed by atoms with van der Waals surface area (Å²) in [6, 6.07) is 10.2. The Labute approximate surface area is 156 Å². The van der Waals surface area contributed by atoms with E-state index in [0.29, 0.717) is 25.3 Å². The van der Waals surface area contributed by atoms with E-state index >= 15 is 0 Å². The third kappa shape index (κ3) is 3.40. The molecule has 1 aromatic carbocycles. The molecule has 3 heterocycles. The number of rotatable bonds is 5. The highest BCUT2D eigenvalue weighted by Crippen LogP contribution is 2.21. The van der Waals surface area contributed by atoms with E-state index in [9.17, 15) is 4.79 Å². The van der Waals surface area contributed by atoms with Crippen molar-refractivity contribution in [3.8, 4) is 0 Å². The summed E-state index contributed by atoms with van der Waals surface area (Å²) in [5.41, 5.74) is 6.63. The van der Waals surface area contributed by atoms with Gasteiger partial charge >= 0.3 is 0 Å². The summed E-state index contributed by atoms with van der Waals surface area (Å²) in [5, 5.41) is 10.0. The van der Waals surface area contributed by atoms with E-state index in [-0.39, 0.29) is 5.91 Å². The molecule has 134 valence electrons. The van der Waals surface area contributed by atoms with Crippen molar-refractivity contribution in [3.63, 3.8) is 0 Å². The van der Waals surface area contributed by atoms with Gasteiger partial charge in [0, 0.05) is 43.2 Å². The largest absolute Gasteiger partial charge is 0.334 e. The van der Waals surface area contributed by atoms with Crippen LogP contribution in [0.2, 0.25) is 0 Å². The van der Waals surface area contributed by atoms with E-state index < -0.39 is 0 Å². The first kappa shape index (κ1) is 16.9. The average Bonchev–Trinajstić information content (AvgIpc) is 3.30. The van der Waals surface area contributed by atoms with Crippen LogP contribution in [0.15, 0.2) is 41.2 Å². The lowest BCUT2D eigenvalue weighted by molar-refractivity contribution is 0.0775. The number of aromatic nitrogens is 3. The van der Waals surface area contributed by atoms with Crippen LogP contribution < -0.4 is 5.32 Å². The summed E-state index contributed by atoms with van der Waals surface area (Å²) in [6.45, 7) is 2.79. The predicted octanol–water partition coefficient (Wildman–Crippen LogP) is 2.31. The van der Waals surface area contributed by atoms with E-state index in [1.807, 2.05) is 28.3 Å². The summed E-state index contributed by atoms with van der Waals surface area (Å²) in [7, 11) is 1.81. The van der Waals surface area contributed by atoms with Gasteiger partial charge in [0.2, 0.25) is 0 Å². The van der Waals surface area contributed by atoms with E-state index in [2.05, 4.69) is 22.4 Å². The van der Waals surface area contributed by atoms with E-state index in [1.54, 1.807) is 17.5 Å². The van der Waals surface area contributed by atoms with Crippen LogP contribution in [0.4, 0.5) is 0 Å². The number of thiazole rings is 1. The fourth-order valence-corrected chi connectivity index (χ4v) is 3.84. The van der Waals surface area contributed by atoms with Crippen molar-refractivity contribution < 1.29 is 4.79 Å². The maximum absolute atomic E-state index is 13.0. The first-order valence-electron chi connectivity index (χ1n) is 8.68. The molecule has 0 unspecified atom stereocenters. The number of hydrogen-bond donors (Lipinski definition) is 1. The lowest BCUT2D eigenvalue weighted by atomic mass is 10.1. The highest BCUT2D eigenvalue weighted by Gasteiger charge is 2.27. The van der Waals surface area contributed by atoms with Crippen LogP contribution in [-0.4, -0.2) is 39.2 Å². The van der Waals surface area contributed by atoms with Crippen LogP contribution in [0, 0.1) is 0 Å². The Morgan fingerprint density at radius 1 is 1.35 bits per heavy atom. The molecule has 3 aromatic rings. The van der Waals surface area contributed by atoms with Gasteiger partial charge in [-0.1, -0.05) is 30.3 Å². The number of amides is 1. The van der Waals surface area contributed by atoms with Gasteiger partial charge in [-0.2, -0.15) is 5.10 Å². The van der Waals surface area contributed by atoms with Gasteiger partial charge in [-0.3, -0.25) is 9.48 Å². The van der Waals surface area contributed by atoms with Gasteiger partial charge in [0.15, 0.2) is 5.69 Å². The molecule has 7 heteroatoms. The van der Waals surface area contributed by atoms with Crippen molar-refractivity contribution in [1.82, 2.24) is 25.0 Å². The first-order chi connectivity index (χ1) is 12.7. The van der Waals surface area contributed by atoms with Crippen LogP contribution in [0.5, 0.6) is 0 Å². The molecule has 1 aliphatic rings. The highest BCUT2D eigenvalue weighted by atomic mass is 32.1. The first-order valence-corrected chi connectivity index (χ1v) is 9.62. The maximum Gasteiger partial charge on any atom is 0.274 e. The van der Waals surface area contributed by atoms with E-state index in [1.165, 1.54) is 16.9 Å². The molecule has 2 aromatic heterocycles. The molecule has 0 saturated carbocycles. The fraction of sp³-hybridized carbons (Fsp3) is 0.316. The standard InChI is InChI=1S/C19H21N5OS/c1-23(11-15-12-26-13-21-15)19(25)18-16-9-20-8-7-17(16)24(22-18)10-14-5-3-2-4-6-14/h2-6,12-13,20H,7-11H2,1H3. The summed E-state index contributed by atoms with van der Waals surface area (Å²) in [4.78, 5) is 19.0. The lowest BCUT2D eigenvalue weighted by Crippen LogP contribution is -2.30. The van der Waals surface area contributed by atoms with Gasteiger partial charge in [0.05, 0.1) is 24.3 Å². The number of hydrogen-bond acceptors (Lipinski definition) is 5. The molecule has 0 spiro atoms. The zero-order chi connectivity index (χ0) is 17.9. The van der Waals surface area contributed by atoms with Crippen molar-refractivity contribution >= 4 is 17.2 Å². The quantitative estimate of drug-likeness (QED) is 0.752. The number of carbonyl (C=O) groups is 1. The Kier molecular flexibility index (Phi) is 4.81. The Hall–Kier alpha value is -2.51. The third-order valence-corrected chi connectivity index (χ3v) is 5.25. The molecule has 0 fully saturated rings. The Morgan fingerprint density at radius 3 is 2.96 bits per heavy atom. The second kappa shape index (κ2) is 7.39. The maximum atomic E-state index is 13.0. The zero-order valence-electron chi connectivity index (χ0n) is 14.7. The van der Waals surface area contributed by atoms with Crippen LogP contribution in [0.3, 0.4) is 0 Å². The smallest absolute Gasteiger partial charge is 0.274 e. The zero-order valence-corrected chi connectivity index (χ0v) is 15.5. The number of benzene rings is 1. The summed E-state index contributed by atoms with van der Waals surface area (Å²) in [5.74, 6) is -0.0511. The summed E-state index contributed by atoms with van der Waals surface area (Å²) >= 11 is 1.54. The number of nitrogens with one attached hydrogen (secondary N) is 1. The molecule has 0 atom stereocenters. The van der Waals surface area contributed by atoms with Gasteiger partial charge in [-0.25, -0.2) is 4.98 Å². The molecule has 1 amide bonds. The molecular weight excluding hydrogens is 346 g/mol. The van der Waals surface area contributed by atoms with Gasteiger partial charge in [0.1, 0.15) is 0 Å². The average molecular weight is 367 g/mol. The minimum absolute atomic E-state index is 0.0511. The molecule has 0 saturated heterocycles. The molecule has 6 nitrogen and oxygen atoms in total. The van der Waals surface area contributed by atoms with Gasteiger partial charge in [-0.15, -0.1) is 11.3 Å². The van der Waals surface area contributed by atoms with Gasteiger partial charge in [-0.05, 0) is 5.56 Å². The summed E-state index contributed by atoms with van der Waals surface area (Å²) < 4.78 is 2.00. The Bertz CT molecular complexity index is 888. The minimum Gasteiger partial charge on any atom is -0.334 e. The fourth-order valence-electron chi connectivity index (χ4n) is 3.29. The highest BCUT2D eigenvalue weighted by molar-refractivity contribution is 7.07. The predicted molar refractivity (Wildman–Crippen MR) is 101 cm³/mol. The minimum atomic E-state index is -0.0511. The van der Waals surface area contributed by atoms with Crippen LogP contribution >= 0.6 is 11.3 Å². The SMILES string of the molecule is CN(Cc1cscn1)C(=O)c1nn(Cc2ccccc2)c2c1CNCC2. The van der Waals surface area contributed by atoms with Crippen LogP contribution in [-0.2, 0) is 26.1 Å². The number of nitrogens with zero attached hydrogens (tertiary/aromatic N) is 4. The van der Waals surface area contributed by atoms with E-state index in [4.69, 9.17) is 5.10 Å². The Morgan fingerprint density at radius 2 is 2.19 bits per heavy atom. The molecule has 1 N–H and O–H groups in total. The molecule has 26 heavy (non-hydrogen) atoms. The monoisotopic (exact) mass is 367 g/mol. The molecule has 0 radical (unpaired) electrons. The van der Waals surface area contributed by atoms with Crippen LogP contribution in [0.25, 0.3) is 0 Å². The second-order valence-electron chi connectivity index (χ2n) is 6.48. The summed E-state index contributed by atoms with van der Waals surface area (Å²) in [6.07, 6.45) is 0.887. The van der Waals surface area contributed by atoms with Crippen LogP contribution in [0.1, 0.15) is 33.0 Å². The van der Waals surface area contributed by atoms with Crippen molar-refractivity contribution in [2.45, 2.75) is 26.1 Å². The molecule has 0 aliphatic carbocycles. The van der Waals surface area contributed by atoms with Crippen molar-refractivity contribution in [1.29, 1.82) is 0 Å². The second-order valence-corrected chi connectivity index (χ2v) is 7.20.